The zero-order chi connectivity index (χ0) is 15.1. The molecular weight excluding hydrogens is 265 g/mol. The summed E-state index contributed by atoms with van der Waals surface area (Å²) < 4.78 is 13.2. The fourth-order valence-electron chi connectivity index (χ4n) is 2.02. The number of nitrogens with one attached hydrogen (secondary N) is 1. The topological polar surface area (TPSA) is 50.4 Å². The summed E-state index contributed by atoms with van der Waals surface area (Å²) >= 11 is 0. The standard InChI is InChI=1S/C17H20FN3/c1-13-11-15(7-8-16(13)18)12-21-17(19)20-10-9-14-5-3-2-4-6-14/h2-8,11H,9-10,12H2,1H3,(H3,19,20,21). The summed E-state index contributed by atoms with van der Waals surface area (Å²) in [6.07, 6.45) is 0.896. The van der Waals surface area contributed by atoms with Crippen LogP contribution in [0.15, 0.2) is 53.5 Å². The molecular formula is C17H20FN3. The molecule has 0 heterocycles. The Kier molecular flexibility index (Phi) is 5.32. The molecule has 0 unspecified atom stereocenters. The Hall–Kier alpha value is -2.36. The highest BCUT2D eigenvalue weighted by Gasteiger charge is 1.99. The largest absolute Gasteiger partial charge is 0.370 e. The third-order valence-electron chi connectivity index (χ3n) is 3.22. The van der Waals surface area contributed by atoms with E-state index < -0.39 is 0 Å². The predicted octanol–water partition coefficient (Wildman–Crippen LogP) is 2.78. The van der Waals surface area contributed by atoms with Gasteiger partial charge in [0.15, 0.2) is 5.96 Å². The van der Waals surface area contributed by atoms with Crippen LogP contribution in [-0.4, -0.2) is 12.5 Å². The van der Waals surface area contributed by atoms with Crippen LogP contribution in [0.25, 0.3) is 0 Å². The van der Waals surface area contributed by atoms with Crippen LogP contribution in [0.2, 0.25) is 0 Å². The van der Waals surface area contributed by atoms with E-state index in [1.54, 1.807) is 19.1 Å². The number of guanidine groups is 1. The van der Waals surface area contributed by atoms with Gasteiger partial charge in [0.1, 0.15) is 5.82 Å². The summed E-state index contributed by atoms with van der Waals surface area (Å²) in [5.41, 5.74) is 8.64. The number of hydrogen-bond acceptors (Lipinski definition) is 1. The van der Waals surface area contributed by atoms with Gasteiger partial charge >= 0.3 is 0 Å². The van der Waals surface area contributed by atoms with Crippen molar-refractivity contribution in [2.45, 2.75) is 19.9 Å². The molecule has 3 N–H and O–H groups in total. The van der Waals surface area contributed by atoms with Gasteiger partial charge in [-0.05, 0) is 36.1 Å². The summed E-state index contributed by atoms with van der Waals surface area (Å²) in [7, 11) is 0. The number of hydrogen-bond donors (Lipinski definition) is 2. The lowest BCUT2D eigenvalue weighted by Gasteiger charge is -2.06. The van der Waals surface area contributed by atoms with E-state index in [4.69, 9.17) is 5.73 Å². The smallest absolute Gasteiger partial charge is 0.188 e. The van der Waals surface area contributed by atoms with Crippen molar-refractivity contribution in [1.82, 2.24) is 5.32 Å². The SMILES string of the molecule is Cc1cc(CN=C(N)NCCc2ccccc2)ccc1F. The lowest BCUT2D eigenvalue weighted by Crippen LogP contribution is -2.33. The van der Waals surface area contributed by atoms with Gasteiger partial charge in [0.05, 0.1) is 6.54 Å². The molecule has 4 heteroatoms. The minimum absolute atomic E-state index is 0.198. The molecule has 0 saturated heterocycles. The van der Waals surface area contributed by atoms with Crippen molar-refractivity contribution in [1.29, 1.82) is 0 Å². The first kappa shape index (κ1) is 15.0. The highest BCUT2D eigenvalue weighted by Crippen LogP contribution is 2.09. The monoisotopic (exact) mass is 285 g/mol. The minimum Gasteiger partial charge on any atom is -0.370 e. The number of nitrogens with two attached hydrogens (primary N) is 1. The molecule has 21 heavy (non-hydrogen) atoms. The Balaban J connectivity index is 1.80. The van der Waals surface area contributed by atoms with Crippen LogP contribution in [-0.2, 0) is 13.0 Å². The van der Waals surface area contributed by atoms with Gasteiger partial charge in [-0.3, -0.25) is 0 Å². The van der Waals surface area contributed by atoms with Crippen molar-refractivity contribution < 1.29 is 4.39 Å². The maximum atomic E-state index is 13.2. The van der Waals surface area contributed by atoms with Gasteiger partial charge in [-0.15, -0.1) is 0 Å². The van der Waals surface area contributed by atoms with Gasteiger partial charge in [0, 0.05) is 6.54 Å². The number of benzene rings is 2. The van der Waals surface area contributed by atoms with E-state index in [9.17, 15) is 4.39 Å². The van der Waals surface area contributed by atoms with E-state index in [0.29, 0.717) is 18.1 Å². The first-order valence-electron chi connectivity index (χ1n) is 6.98. The molecule has 3 nitrogen and oxygen atoms in total. The molecule has 2 aromatic carbocycles. The van der Waals surface area contributed by atoms with Crippen molar-refractivity contribution in [2.24, 2.45) is 10.7 Å². The van der Waals surface area contributed by atoms with E-state index >= 15 is 0 Å². The van der Waals surface area contributed by atoms with Gasteiger partial charge in [0.25, 0.3) is 0 Å². The van der Waals surface area contributed by atoms with E-state index in [-0.39, 0.29) is 5.82 Å². The molecule has 0 aromatic heterocycles. The molecule has 0 radical (unpaired) electrons. The third kappa shape index (κ3) is 4.91. The molecule has 2 aromatic rings. The number of nitrogens with zero attached hydrogens (tertiary/aromatic N) is 1. The molecule has 0 fully saturated rings. The van der Waals surface area contributed by atoms with Crippen molar-refractivity contribution >= 4 is 5.96 Å². The Morgan fingerprint density at radius 1 is 1.14 bits per heavy atom. The molecule has 0 bridgehead atoms. The molecule has 0 aliphatic rings. The summed E-state index contributed by atoms with van der Waals surface area (Å²) in [6, 6.07) is 15.2. The van der Waals surface area contributed by atoms with Gasteiger partial charge in [0.2, 0.25) is 0 Å². The number of rotatable bonds is 5. The summed E-state index contributed by atoms with van der Waals surface area (Å²) in [4.78, 5) is 4.26. The Labute approximate surface area is 124 Å². The number of halogens is 1. The van der Waals surface area contributed by atoms with Crippen LogP contribution in [0.5, 0.6) is 0 Å². The molecule has 0 spiro atoms. The molecule has 0 saturated carbocycles. The van der Waals surface area contributed by atoms with E-state index in [0.717, 1.165) is 18.5 Å². The lowest BCUT2D eigenvalue weighted by atomic mass is 10.1. The Morgan fingerprint density at radius 3 is 2.62 bits per heavy atom. The average Bonchev–Trinajstić information content (AvgIpc) is 2.49. The second-order valence-electron chi connectivity index (χ2n) is 4.95. The van der Waals surface area contributed by atoms with Crippen molar-refractivity contribution in [3.05, 3.63) is 71.0 Å². The minimum atomic E-state index is -0.198. The van der Waals surface area contributed by atoms with Crippen LogP contribution < -0.4 is 11.1 Å². The zero-order valence-electron chi connectivity index (χ0n) is 12.1. The number of aryl methyl sites for hydroxylation is 1. The first-order chi connectivity index (χ1) is 10.1. The molecule has 0 aliphatic heterocycles. The Morgan fingerprint density at radius 2 is 1.90 bits per heavy atom. The van der Waals surface area contributed by atoms with Gasteiger partial charge in [-0.25, -0.2) is 9.38 Å². The lowest BCUT2D eigenvalue weighted by molar-refractivity contribution is 0.617. The van der Waals surface area contributed by atoms with Crippen LogP contribution in [0.3, 0.4) is 0 Å². The van der Waals surface area contributed by atoms with Crippen LogP contribution in [0.1, 0.15) is 16.7 Å². The average molecular weight is 285 g/mol. The fourth-order valence-corrected chi connectivity index (χ4v) is 2.02. The zero-order valence-corrected chi connectivity index (χ0v) is 12.1. The van der Waals surface area contributed by atoms with Crippen molar-refractivity contribution in [3.63, 3.8) is 0 Å². The molecule has 0 amide bonds. The van der Waals surface area contributed by atoms with Gasteiger partial charge in [-0.1, -0.05) is 42.5 Å². The van der Waals surface area contributed by atoms with Crippen molar-refractivity contribution in [2.75, 3.05) is 6.54 Å². The molecule has 0 aliphatic carbocycles. The maximum absolute atomic E-state index is 13.2. The van der Waals surface area contributed by atoms with E-state index in [2.05, 4.69) is 22.4 Å². The quantitative estimate of drug-likeness (QED) is 0.655. The second kappa shape index (κ2) is 7.43. The van der Waals surface area contributed by atoms with Crippen LogP contribution in [0, 0.1) is 12.7 Å². The summed E-state index contributed by atoms with van der Waals surface area (Å²) in [5.74, 6) is 0.213. The van der Waals surface area contributed by atoms with E-state index in [1.807, 2.05) is 18.2 Å². The first-order valence-corrected chi connectivity index (χ1v) is 6.98. The van der Waals surface area contributed by atoms with E-state index in [1.165, 1.54) is 11.6 Å². The second-order valence-corrected chi connectivity index (χ2v) is 4.95. The summed E-state index contributed by atoms with van der Waals surface area (Å²) in [5, 5.41) is 3.08. The van der Waals surface area contributed by atoms with Crippen LogP contribution >= 0.6 is 0 Å². The third-order valence-corrected chi connectivity index (χ3v) is 3.22. The normalized spacial score (nSPS) is 11.4. The van der Waals surface area contributed by atoms with Gasteiger partial charge in [-0.2, -0.15) is 0 Å². The number of aliphatic imine (C=N–C) groups is 1. The molecule has 2 rings (SSSR count). The highest BCUT2D eigenvalue weighted by atomic mass is 19.1. The maximum Gasteiger partial charge on any atom is 0.188 e. The fraction of sp³-hybridized carbons (Fsp3) is 0.235. The Bertz CT molecular complexity index is 609. The summed E-state index contributed by atoms with van der Waals surface area (Å²) in [6.45, 7) is 2.93. The van der Waals surface area contributed by atoms with Gasteiger partial charge < -0.3 is 11.1 Å². The predicted molar refractivity (Wildman–Crippen MR) is 84.6 cm³/mol. The molecule has 110 valence electrons. The van der Waals surface area contributed by atoms with Crippen LogP contribution in [0.4, 0.5) is 4.39 Å². The highest BCUT2D eigenvalue weighted by molar-refractivity contribution is 5.77. The molecule has 0 atom stereocenters. The van der Waals surface area contributed by atoms with Crippen molar-refractivity contribution in [3.8, 4) is 0 Å².